The van der Waals surface area contributed by atoms with E-state index in [4.69, 9.17) is 0 Å². The normalized spacial score (nSPS) is 24.9. The van der Waals surface area contributed by atoms with Crippen LogP contribution in [0.2, 0.25) is 0 Å². The smallest absolute Gasteiger partial charge is 0.125 e. The maximum Gasteiger partial charge on any atom is 0.125 e. The van der Waals surface area contributed by atoms with Gasteiger partial charge in [-0.25, -0.2) is 4.39 Å². The Kier molecular flexibility index (Phi) is 4.75. The number of anilines is 2. The van der Waals surface area contributed by atoms with Crippen LogP contribution in [0.5, 0.6) is 0 Å². The first-order valence-electron chi connectivity index (χ1n) is 10.8. The van der Waals surface area contributed by atoms with Crippen molar-refractivity contribution in [1.82, 2.24) is 4.90 Å². The van der Waals surface area contributed by atoms with Crippen LogP contribution in [0, 0.1) is 11.7 Å². The van der Waals surface area contributed by atoms with E-state index in [-0.39, 0.29) is 12.0 Å². The molecule has 3 heterocycles. The Hall–Kier alpha value is -2.07. The minimum Gasteiger partial charge on any atom is -0.362 e. The van der Waals surface area contributed by atoms with E-state index in [0.29, 0.717) is 6.04 Å². The molecule has 0 aliphatic carbocycles. The molecule has 0 saturated carbocycles. The number of halogens is 1. The van der Waals surface area contributed by atoms with Crippen LogP contribution < -0.4 is 10.2 Å². The van der Waals surface area contributed by atoms with Crippen molar-refractivity contribution < 1.29 is 4.39 Å². The van der Waals surface area contributed by atoms with Crippen molar-refractivity contribution in [2.75, 3.05) is 29.9 Å². The number of likely N-dealkylation sites (tertiary alicyclic amines) is 1. The number of rotatable bonds is 4. The number of hydrogen-bond donors (Lipinski definition) is 1. The van der Waals surface area contributed by atoms with E-state index in [1.165, 1.54) is 36.1 Å². The quantitative estimate of drug-likeness (QED) is 0.833. The molecule has 1 saturated heterocycles. The number of piperidine rings is 1. The fraction of sp³-hybridized carbons (Fsp3) is 0.500. The van der Waals surface area contributed by atoms with Crippen molar-refractivity contribution in [3.63, 3.8) is 0 Å². The lowest BCUT2D eigenvalue weighted by Crippen LogP contribution is -2.51. The molecule has 28 heavy (non-hydrogen) atoms. The molecular formula is C24H30FN3. The van der Waals surface area contributed by atoms with Crippen molar-refractivity contribution in [3.8, 4) is 0 Å². The highest BCUT2D eigenvalue weighted by Crippen LogP contribution is 2.44. The molecule has 0 amide bonds. The average Bonchev–Trinajstić information content (AvgIpc) is 3.06. The average molecular weight is 380 g/mol. The molecule has 4 heteroatoms. The molecule has 3 aliphatic rings. The first-order valence-corrected chi connectivity index (χ1v) is 10.8. The van der Waals surface area contributed by atoms with Gasteiger partial charge in [0.1, 0.15) is 12.0 Å². The van der Waals surface area contributed by atoms with E-state index < -0.39 is 0 Å². The Bertz CT molecular complexity index is 829. The Morgan fingerprint density at radius 1 is 1.07 bits per heavy atom. The third-order valence-electron chi connectivity index (χ3n) is 6.88. The molecular weight excluding hydrogens is 349 g/mol. The van der Waals surface area contributed by atoms with Crippen LogP contribution in [-0.4, -0.2) is 36.7 Å². The second-order valence-electron chi connectivity index (χ2n) is 8.85. The highest BCUT2D eigenvalue weighted by Gasteiger charge is 2.38. The van der Waals surface area contributed by atoms with Crippen LogP contribution in [-0.2, 0) is 12.8 Å². The van der Waals surface area contributed by atoms with Gasteiger partial charge < -0.3 is 10.2 Å². The number of aryl methyl sites for hydroxylation is 1. The minimum atomic E-state index is -0.113. The van der Waals surface area contributed by atoms with Crippen LogP contribution in [0.1, 0.15) is 37.3 Å². The zero-order valence-electron chi connectivity index (χ0n) is 16.7. The molecule has 0 radical (unpaired) electrons. The highest BCUT2D eigenvalue weighted by molar-refractivity contribution is 5.80. The van der Waals surface area contributed by atoms with Crippen molar-refractivity contribution >= 4 is 11.4 Å². The van der Waals surface area contributed by atoms with Gasteiger partial charge in [-0.3, -0.25) is 4.90 Å². The topological polar surface area (TPSA) is 18.5 Å². The first-order chi connectivity index (χ1) is 13.7. The van der Waals surface area contributed by atoms with Gasteiger partial charge in [-0.2, -0.15) is 0 Å². The predicted octanol–water partition coefficient (Wildman–Crippen LogP) is 4.67. The second-order valence-corrected chi connectivity index (χ2v) is 8.85. The van der Waals surface area contributed by atoms with Crippen molar-refractivity contribution in [2.24, 2.45) is 5.92 Å². The second kappa shape index (κ2) is 7.40. The van der Waals surface area contributed by atoms with Crippen molar-refractivity contribution in [1.29, 1.82) is 0 Å². The summed E-state index contributed by atoms with van der Waals surface area (Å²) in [6, 6.07) is 14.8. The molecule has 5 rings (SSSR count). The Labute approximate surface area is 167 Å². The first kappa shape index (κ1) is 18.0. The predicted molar refractivity (Wildman–Crippen MR) is 113 cm³/mol. The summed E-state index contributed by atoms with van der Waals surface area (Å²) in [4.78, 5) is 5.12. The van der Waals surface area contributed by atoms with E-state index in [1.54, 1.807) is 12.1 Å². The summed E-state index contributed by atoms with van der Waals surface area (Å²) in [7, 11) is 0. The number of hydrogen-bond acceptors (Lipinski definition) is 3. The van der Waals surface area contributed by atoms with Gasteiger partial charge in [0.15, 0.2) is 0 Å². The van der Waals surface area contributed by atoms with Crippen LogP contribution in [0.4, 0.5) is 15.8 Å². The fourth-order valence-corrected chi connectivity index (χ4v) is 5.40. The molecule has 0 bridgehead atoms. The Morgan fingerprint density at radius 2 is 1.86 bits per heavy atom. The molecule has 2 aromatic carbocycles. The zero-order valence-corrected chi connectivity index (χ0v) is 16.7. The zero-order chi connectivity index (χ0) is 19.1. The summed E-state index contributed by atoms with van der Waals surface area (Å²) in [6.07, 6.45) is 6.09. The molecule has 2 aromatic rings. The molecule has 2 atom stereocenters. The number of nitrogens with zero attached hydrogens (tertiary/aromatic N) is 2. The van der Waals surface area contributed by atoms with Gasteiger partial charge in [-0.05, 0) is 81.3 Å². The van der Waals surface area contributed by atoms with Crippen LogP contribution in [0.3, 0.4) is 0 Å². The largest absolute Gasteiger partial charge is 0.362 e. The van der Waals surface area contributed by atoms with E-state index in [0.717, 1.165) is 44.1 Å². The summed E-state index contributed by atoms with van der Waals surface area (Å²) in [5.74, 6) is 0.681. The third kappa shape index (κ3) is 3.39. The Morgan fingerprint density at radius 3 is 2.64 bits per heavy atom. The van der Waals surface area contributed by atoms with E-state index >= 15 is 0 Å². The van der Waals surface area contributed by atoms with Gasteiger partial charge in [0, 0.05) is 12.6 Å². The molecule has 3 nitrogen and oxygen atoms in total. The summed E-state index contributed by atoms with van der Waals surface area (Å²) in [5, 5.41) is 3.63. The van der Waals surface area contributed by atoms with Crippen molar-refractivity contribution in [3.05, 3.63) is 59.4 Å². The fourth-order valence-electron chi connectivity index (χ4n) is 5.40. The minimum absolute atomic E-state index is 0.113. The van der Waals surface area contributed by atoms with Crippen LogP contribution >= 0.6 is 0 Å². The monoisotopic (exact) mass is 379 g/mol. The molecule has 0 aromatic heterocycles. The lowest BCUT2D eigenvalue weighted by molar-refractivity contribution is 0.176. The summed E-state index contributed by atoms with van der Waals surface area (Å²) in [6.45, 7) is 5.64. The standard InChI is InChI=1S/C24H30FN3/c1-17-7-8-20-14-21(25)15-22-24(20)28(17)23(26-22)16-27-11-9-19(10-12-27)13-18-5-3-2-4-6-18/h2-6,14-15,17,19,23,26H,7-13,16H2,1H3. The summed E-state index contributed by atoms with van der Waals surface area (Å²) >= 11 is 0. The van der Waals surface area contributed by atoms with Crippen LogP contribution in [0.25, 0.3) is 0 Å². The van der Waals surface area contributed by atoms with Gasteiger partial charge in [-0.1, -0.05) is 30.3 Å². The molecule has 1 N–H and O–H groups in total. The SMILES string of the molecule is CC1CCc2cc(F)cc3c2N1C(CN1CCC(Cc2ccccc2)CC1)N3. The maximum atomic E-state index is 14.0. The van der Waals surface area contributed by atoms with Gasteiger partial charge in [-0.15, -0.1) is 0 Å². The number of benzene rings is 2. The molecule has 3 aliphatic heterocycles. The van der Waals surface area contributed by atoms with Gasteiger partial charge >= 0.3 is 0 Å². The number of nitrogens with one attached hydrogen (secondary N) is 1. The highest BCUT2D eigenvalue weighted by atomic mass is 19.1. The van der Waals surface area contributed by atoms with Crippen molar-refractivity contribution in [2.45, 2.75) is 51.2 Å². The lowest BCUT2D eigenvalue weighted by Gasteiger charge is -2.40. The molecule has 1 fully saturated rings. The Balaban J connectivity index is 1.22. The van der Waals surface area contributed by atoms with Gasteiger partial charge in [0.25, 0.3) is 0 Å². The van der Waals surface area contributed by atoms with Crippen LogP contribution in [0.15, 0.2) is 42.5 Å². The van der Waals surface area contributed by atoms with E-state index in [1.807, 2.05) is 0 Å². The van der Waals surface area contributed by atoms with E-state index in [2.05, 4.69) is 52.4 Å². The molecule has 148 valence electrons. The lowest BCUT2D eigenvalue weighted by atomic mass is 9.90. The molecule has 0 spiro atoms. The summed E-state index contributed by atoms with van der Waals surface area (Å²) < 4.78 is 14.0. The third-order valence-corrected chi connectivity index (χ3v) is 6.88. The van der Waals surface area contributed by atoms with Gasteiger partial charge in [0.05, 0.1) is 11.4 Å². The summed E-state index contributed by atoms with van der Waals surface area (Å²) in [5.41, 5.74) is 4.88. The van der Waals surface area contributed by atoms with E-state index in [9.17, 15) is 4.39 Å². The maximum absolute atomic E-state index is 14.0. The van der Waals surface area contributed by atoms with Gasteiger partial charge in [0.2, 0.25) is 0 Å². The molecule has 2 unspecified atom stereocenters.